The van der Waals surface area contributed by atoms with Gasteiger partial charge in [0.15, 0.2) is 0 Å². The number of amides is 1. The molecule has 0 aliphatic carbocycles. The van der Waals surface area contributed by atoms with Gasteiger partial charge in [-0.05, 0) is 13.0 Å². The summed E-state index contributed by atoms with van der Waals surface area (Å²) in [7, 11) is 1.79. The summed E-state index contributed by atoms with van der Waals surface area (Å²) < 4.78 is 1.63. The Hall–Kier alpha value is -1.66. The molecule has 1 amide bonds. The van der Waals surface area contributed by atoms with E-state index < -0.39 is 12.2 Å². The molecule has 94 valence electrons. The fourth-order valence-electron chi connectivity index (χ4n) is 1.09. The number of nitrogens with zero attached hydrogens (tertiary/aromatic N) is 2. The molecule has 0 aromatic carbocycles. The van der Waals surface area contributed by atoms with Gasteiger partial charge in [0.2, 0.25) is 5.91 Å². The summed E-state index contributed by atoms with van der Waals surface area (Å²) >= 11 is 0. The van der Waals surface area contributed by atoms with Gasteiger partial charge in [-0.1, -0.05) is 0 Å². The van der Waals surface area contributed by atoms with Gasteiger partial charge < -0.3 is 15.5 Å². The van der Waals surface area contributed by atoms with Gasteiger partial charge in [-0.3, -0.25) is 9.48 Å². The molecule has 0 saturated carbocycles. The molecule has 3 N–H and O–H groups in total. The van der Waals surface area contributed by atoms with Crippen LogP contribution in [0, 0.1) is 0 Å². The van der Waals surface area contributed by atoms with E-state index in [1.165, 1.54) is 13.0 Å². The maximum atomic E-state index is 11.4. The Labute approximate surface area is 99.6 Å². The molecule has 0 fully saturated rings. The van der Waals surface area contributed by atoms with E-state index in [0.29, 0.717) is 0 Å². The molecular weight excluding hydrogens is 222 g/mol. The van der Waals surface area contributed by atoms with Gasteiger partial charge in [-0.2, -0.15) is 5.10 Å². The fourth-order valence-corrected chi connectivity index (χ4v) is 1.09. The Balaban J connectivity index is 2.42. The third-order valence-corrected chi connectivity index (χ3v) is 2.14. The maximum absolute atomic E-state index is 11.4. The van der Waals surface area contributed by atoms with Crippen molar-refractivity contribution in [2.45, 2.75) is 12.5 Å². The molecule has 17 heavy (non-hydrogen) atoms. The first kappa shape index (κ1) is 13.4. The molecule has 1 rings (SSSR count). The van der Waals surface area contributed by atoms with Crippen molar-refractivity contribution >= 4 is 12.0 Å². The molecule has 1 aromatic heterocycles. The minimum Gasteiger partial charge on any atom is -0.393 e. The molecule has 0 aliphatic rings. The summed E-state index contributed by atoms with van der Waals surface area (Å²) in [5, 5.41) is 24.7. The molecule has 0 spiro atoms. The van der Waals surface area contributed by atoms with Gasteiger partial charge in [0, 0.05) is 31.4 Å². The van der Waals surface area contributed by atoms with Crippen LogP contribution in [0.4, 0.5) is 0 Å². The second-order valence-corrected chi connectivity index (χ2v) is 4.15. The first-order chi connectivity index (χ1) is 7.93. The van der Waals surface area contributed by atoms with E-state index in [1.54, 1.807) is 30.2 Å². The van der Waals surface area contributed by atoms with E-state index in [1.807, 2.05) is 0 Å². The highest BCUT2D eigenvalue weighted by Crippen LogP contribution is 2.00. The van der Waals surface area contributed by atoms with E-state index >= 15 is 0 Å². The highest BCUT2D eigenvalue weighted by atomic mass is 16.3. The van der Waals surface area contributed by atoms with Crippen molar-refractivity contribution in [1.29, 1.82) is 0 Å². The van der Waals surface area contributed by atoms with Crippen LogP contribution in [0.1, 0.15) is 12.5 Å². The predicted molar refractivity (Wildman–Crippen MR) is 63.0 cm³/mol. The number of aryl methyl sites for hydroxylation is 1. The fraction of sp³-hybridized carbons (Fsp3) is 0.455. The zero-order valence-electron chi connectivity index (χ0n) is 9.92. The molecule has 1 unspecified atom stereocenters. The van der Waals surface area contributed by atoms with E-state index in [9.17, 15) is 9.90 Å². The second kappa shape index (κ2) is 5.60. The molecule has 6 nitrogen and oxygen atoms in total. The summed E-state index contributed by atoms with van der Waals surface area (Å²) in [4.78, 5) is 11.4. The number of aliphatic hydroxyl groups is 2. The van der Waals surface area contributed by atoms with Crippen molar-refractivity contribution in [3.05, 3.63) is 24.0 Å². The van der Waals surface area contributed by atoms with E-state index in [0.717, 1.165) is 5.56 Å². The molecular formula is C11H17N3O3. The lowest BCUT2D eigenvalue weighted by Gasteiger charge is -2.19. The molecule has 0 bridgehead atoms. The summed E-state index contributed by atoms with van der Waals surface area (Å²) in [5.74, 6) is -0.331. The third kappa shape index (κ3) is 4.80. The van der Waals surface area contributed by atoms with Gasteiger partial charge >= 0.3 is 0 Å². The lowest BCUT2D eigenvalue weighted by molar-refractivity contribution is -0.117. The number of hydrogen-bond donors (Lipinski definition) is 3. The first-order valence-corrected chi connectivity index (χ1v) is 5.21. The quantitative estimate of drug-likeness (QED) is 0.592. The van der Waals surface area contributed by atoms with Crippen LogP contribution >= 0.6 is 0 Å². The Kier molecular flexibility index (Phi) is 4.42. The van der Waals surface area contributed by atoms with Gasteiger partial charge in [-0.15, -0.1) is 0 Å². The van der Waals surface area contributed by atoms with Gasteiger partial charge in [0.1, 0.15) is 5.60 Å². The van der Waals surface area contributed by atoms with Crippen molar-refractivity contribution in [3.8, 4) is 0 Å². The minimum absolute atomic E-state index is 0.000285. The SMILES string of the molecule is Cn1cc(C=CC(=O)NCC(C)(O)CO)cn1. The van der Waals surface area contributed by atoms with Gasteiger partial charge in [0.05, 0.1) is 12.8 Å². The van der Waals surface area contributed by atoms with Crippen molar-refractivity contribution in [3.63, 3.8) is 0 Å². The Morgan fingerprint density at radius 2 is 2.41 bits per heavy atom. The van der Waals surface area contributed by atoms with Crippen LogP contribution in [0.25, 0.3) is 6.08 Å². The smallest absolute Gasteiger partial charge is 0.244 e. The summed E-state index contributed by atoms with van der Waals surface area (Å²) in [5.41, 5.74) is -0.478. The highest BCUT2D eigenvalue weighted by molar-refractivity contribution is 5.91. The number of aromatic nitrogens is 2. The highest BCUT2D eigenvalue weighted by Gasteiger charge is 2.18. The average Bonchev–Trinajstić information content (AvgIpc) is 2.70. The van der Waals surface area contributed by atoms with Crippen LogP contribution in [0.2, 0.25) is 0 Å². The largest absolute Gasteiger partial charge is 0.393 e. The second-order valence-electron chi connectivity index (χ2n) is 4.15. The maximum Gasteiger partial charge on any atom is 0.244 e. The van der Waals surface area contributed by atoms with Crippen LogP contribution in [-0.2, 0) is 11.8 Å². The number of rotatable bonds is 5. The monoisotopic (exact) mass is 239 g/mol. The zero-order valence-corrected chi connectivity index (χ0v) is 9.92. The first-order valence-electron chi connectivity index (χ1n) is 5.21. The standard InChI is InChI=1S/C11H17N3O3/c1-11(17,8-15)7-12-10(16)4-3-9-5-13-14(2)6-9/h3-6,15,17H,7-8H2,1-2H3,(H,12,16). The summed E-state index contributed by atoms with van der Waals surface area (Å²) in [6, 6.07) is 0. The summed E-state index contributed by atoms with van der Waals surface area (Å²) in [6.45, 7) is 1.04. The molecule has 1 aromatic rings. The van der Waals surface area contributed by atoms with E-state index in [2.05, 4.69) is 10.4 Å². The predicted octanol–water partition coefficient (Wildman–Crippen LogP) is -0.707. The normalized spacial score (nSPS) is 14.8. The molecule has 0 aliphatic heterocycles. The number of carbonyl (C=O) groups excluding carboxylic acids is 1. The molecule has 1 atom stereocenters. The number of nitrogens with one attached hydrogen (secondary N) is 1. The summed E-state index contributed by atoms with van der Waals surface area (Å²) in [6.07, 6.45) is 6.38. The Morgan fingerprint density at radius 1 is 1.71 bits per heavy atom. The lowest BCUT2D eigenvalue weighted by atomic mass is 10.1. The zero-order chi connectivity index (χ0) is 12.9. The molecule has 0 saturated heterocycles. The van der Waals surface area contributed by atoms with E-state index in [-0.39, 0.29) is 12.5 Å². The van der Waals surface area contributed by atoms with Crippen LogP contribution < -0.4 is 5.32 Å². The van der Waals surface area contributed by atoms with Crippen LogP contribution in [-0.4, -0.2) is 44.7 Å². The Bertz CT molecular complexity index is 410. The van der Waals surface area contributed by atoms with Crippen LogP contribution in [0.3, 0.4) is 0 Å². The number of hydrogen-bond acceptors (Lipinski definition) is 4. The van der Waals surface area contributed by atoms with Crippen LogP contribution in [0.15, 0.2) is 18.5 Å². The minimum atomic E-state index is -1.29. The van der Waals surface area contributed by atoms with Crippen LogP contribution in [0.5, 0.6) is 0 Å². The van der Waals surface area contributed by atoms with Crippen molar-refractivity contribution in [1.82, 2.24) is 15.1 Å². The molecule has 1 heterocycles. The average molecular weight is 239 g/mol. The van der Waals surface area contributed by atoms with Gasteiger partial charge in [-0.25, -0.2) is 0 Å². The van der Waals surface area contributed by atoms with Crippen molar-refractivity contribution < 1.29 is 15.0 Å². The third-order valence-electron chi connectivity index (χ3n) is 2.14. The number of aliphatic hydroxyl groups excluding tert-OH is 1. The molecule has 6 heteroatoms. The lowest BCUT2D eigenvalue weighted by Crippen LogP contribution is -2.42. The van der Waals surface area contributed by atoms with Crippen molar-refractivity contribution in [2.24, 2.45) is 7.05 Å². The van der Waals surface area contributed by atoms with Crippen molar-refractivity contribution in [2.75, 3.05) is 13.2 Å². The topological polar surface area (TPSA) is 87.4 Å². The Morgan fingerprint density at radius 3 is 2.94 bits per heavy atom. The number of carbonyl (C=O) groups is 1. The van der Waals surface area contributed by atoms with Gasteiger partial charge in [0.25, 0.3) is 0 Å². The molecule has 0 radical (unpaired) electrons. The van der Waals surface area contributed by atoms with E-state index in [4.69, 9.17) is 5.11 Å².